The Bertz CT molecular complexity index is 1010. The Labute approximate surface area is 198 Å². The molecule has 178 valence electrons. The van der Waals surface area contributed by atoms with Crippen LogP contribution in [0.15, 0.2) is 30.6 Å². The molecule has 11 heteroatoms. The summed E-state index contributed by atoms with van der Waals surface area (Å²) in [6.07, 6.45) is 3.28. The van der Waals surface area contributed by atoms with E-state index in [1.807, 2.05) is 43.5 Å². The summed E-state index contributed by atoms with van der Waals surface area (Å²) in [7, 11) is 4.82. The molecule has 0 aliphatic heterocycles. The van der Waals surface area contributed by atoms with Crippen LogP contribution in [0.5, 0.6) is 11.5 Å². The normalized spacial score (nSPS) is 12.9. The fraction of sp³-hybridized carbons (Fsp3) is 0.455. The molecule has 0 radical (unpaired) electrons. The summed E-state index contributed by atoms with van der Waals surface area (Å²) in [5, 5.41) is 8.61. The van der Waals surface area contributed by atoms with Crippen LogP contribution in [0, 0.1) is 6.92 Å². The lowest BCUT2D eigenvalue weighted by atomic mass is 10.2. The minimum Gasteiger partial charge on any atom is -0.494 e. The van der Waals surface area contributed by atoms with Gasteiger partial charge >= 0.3 is 0 Å². The first-order valence-electron chi connectivity index (χ1n) is 10.5. The zero-order chi connectivity index (χ0) is 23.8. The van der Waals surface area contributed by atoms with Gasteiger partial charge in [0.15, 0.2) is 11.6 Å². The topological polar surface area (TPSA) is 105 Å². The zero-order valence-corrected chi connectivity index (χ0v) is 20.5. The highest BCUT2D eigenvalue weighted by Crippen LogP contribution is 2.36. The highest BCUT2D eigenvalue weighted by atomic mass is 32.2. The highest BCUT2D eigenvalue weighted by Gasteiger charge is 2.26. The second-order valence-electron chi connectivity index (χ2n) is 7.14. The standard InChI is InChI=1S/C22H30N6O4S/c1-7-32-20(21-23-11-14(2)12-24-21)15(3)33-27-22-26-25-18(13-29-4)28(22)19-16(30-5)9-8-10-17(19)31-6/h8-12,15,20H,7,13H2,1-6H3,(H,26,27). The Morgan fingerprint density at radius 1 is 1.06 bits per heavy atom. The molecule has 0 amide bonds. The third-order valence-corrected chi connectivity index (χ3v) is 5.71. The number of hydrogen-bond donors (Lipinski definition) is 1. The number of ether oxygens (including phenoxy) is 4. The maximum absolute atomic E-state index is 5.96. The number of benzene rings is 1. The molecular weight excluding hydrogens is 444 g/mol. The molecule has 2 atom stereocenters. The molecule has 0 spiro atoms. The fourth-order valence-electron chi connectivity index (χ4n) is 3.25. The Morgan fingerprint density at radius 3 is 2.30 bits per heavy atom. The molecule has 2 unspecified atom stereocenters. The molecule has 2 heterocycles. The Morgan fingerprint density at radius 2 is 1.73 bits per heavy atom. The summed E-state index contributed by atoms with van der Waals surface area (Å²) < 4.78 is 27.6. The predicted molar refractivity (Wildman–Crippen MR) is 127 cm³/mol. The summed E-state index contributed by atoms with van der Waals surface area (Å²) >= 11 is 1.44. The number of anilines is 1. The molecule has 0 fully saturated rings. The van der Waals surface area contributed by atoms with E-state index in [4.69, 9.17) is 18.9 Å². The number of aromatic nitrogens is 5. The lowest BCUT2D eigenvalue weighted by molar-refractivity contribution is 0.0575. The van der Waals surface area contributed by atoms with Gasteiger partial charge in [0.25, 0.3) is 0 Å². The minimum absolute atomic E-state index is 0.0387. The largest absolute Gasteiger partial charge is 0.494 e. The number of aryl methyl sites for hydroxylation is 1. The Kier molecular flexibility index (Phi) is 8.87. The van der Waals surface area contributed by atoms with Gasteiger partial charge in [0.2, 0.25) is 5.95 Å². The SMILES string of the molecule is CCOC(c1ncc(C)cn1)C(C)SNc1nnc(COC)n1-c1c(OC)cccc1OC. The van der Waals surface area contributed by atoms with Crippen LogP contribution in [-0.2, 0) is 16.1 Å². The van der Waals surface area contributed by atoms with Crippen LogP contribution in [-0.4, -0.2) is 57.9 Å². The minimum atomic E-state index is -0.302. The van der Waals surface area contributed by atoms with Crippen molar-refractivity contribution in [3.63, 3.8) is 0 Å². The molecule has 0 saturated carbocycles. The van der Waals surface area contributed by atoms with E-state index in [2.05, 4.69) is 24.9 Å². The van der Waals surface area contributed by atoms with E-state index in [0.29, 0.717) is 41.4 Å². The third-order valence-electron chi connectivity index (χ3n) is 4.79. The van der Waals surface area contributed by atoms with Crippen molar-refractivity contribution in [2.45, 2.75) is 38.7 Å². The fourth-order valence-corrected chi connectivity index (χ4v) is 4.00. The van der Waals surface area contributed by atoms with Crippen LogP contribution >= 0.6 is 11.9 Å². The van der Waals surface area contributed by atoms with Gasteiger partial charge in [0.05, 0.1) is 19.5 Å². The predicted octanol–water partition coefficient (Wildman–Crippen LogP) is 3.76. The smallest absolute Gasteiger partial charge is 0.239 e. The summed E-state index contributed by atoms with van der Waals surface area (Å²) in [4.78, 5) is 8.90. The van der Waals surface area contributed by atoms with Gasteiger partial charge < -0.3 is 18.9 Å². The van der Waals surface area contributed by atoms with E-state index in [9.17, 15) is 0 Å². The number of nitrogens with one attached hydrogen (secondary N) is 1. The molecule has 3 aromatic rings. The molecule has 1 N–H and O–H groups in total. The van der Waals surface area contributed by atoms with Crippen LogP contribution in [0.2, 0.25) is 0 Å². The van der Waals surface area contributed by atoms with Gasteiger partial charge in [0, 0.05) is 26.1 Å². The van der Waals surface area contributed by atoms with E-state index >= 15 is 0 Å². The van der Waals surface area contributed by atoms with Crippen LogP contribution in [0.1, 0.15) is 37.2 Å². The molecule has 1 aromatic carbocycles. The van der Waals surface area contributed by atoms with Gasteiger partial charge in [-0.2, -0.15) is 0 Å². The van der Waals surface area contributed by atoms with Crippen molar-refractivity contribution in [3.05, 3.63) is 47.8 Å². The maximum Gasteiger partial charge on any atom is 0.239 e. The first kappa shape index (κ1) is 24.7. The third kappa shape index (κ3) is 5.73. The van der Waals surface area contributed by atoms with Crippen molar-refractivity contribution in [1.82, 2.24) is 24.7 Å². The number of rotatable bonds is 12. The summed E-state index contributed by atoms with van der Waals surface area (Å²) in [5.74, 6) is 2.97. The lowest BCUT2D eigenvalue weighted by Crippen LogP contribution is -2.20. The van der Waals surface area contributed by atoms with Crippen molar-refractivity contribution in [3.8, 4) is 17.2 Å². The quantitative estimate of drug-likeness (QED) is 0.390. The second-order valence-corrected chi connectivity index (χ2v) is 8.32. The van der Waals surface area contributed by atoms with E-state index in [1.165, 1.54) is 11.9 Å². The molecule has 0 aliphatic rings. The average molecular weight is 475 g/mol. The van der Waals surface area contributed by atoms with Crippen LogP contribution in [0.25, 0.3) is 5.69 Å². The van der Waals surface area contributed by atoms with E-state index in [-0.39, 0.29) is 18.0 Å². The maximum atomic E-state index is 5.96. The molecule has 0 aliphatic carbocycles. The van der Waals surface area contributed by atoms with Crippen molar-refractivity contribution in [1.29, 1.82) is 0 Å². The van der Waals surface area contributed by atoms with Crippen molar-refractivity contribution < 1.29 is 18.9 Å². The monoisotopic (exact) mass is 474 g/mol. The van der Waals surface area contributed by atoms with Gasteiger partial charge in [0.1, 0.15) is 29.9 Å². The van der Waals surface area contributed by atoms with E-state index in [1.54, 1.807) is 33.7 Å². The summed E-state index contributed by atoms with van der Waals surface area (Å²) in [6, 6.07) is 5.57. The number of hydrogen-bond acceptors (Lipinski definition) is 10. The Hall–Kier alpha value is -2.89. The van der Waals surface area contributed by atoms with Crippen molar-refractivity contribution >= 4 is 17.9 Å². The summed E-state index contributed by atoms with van der Waals surface area (Å²) in [5.41, 5.74) is 1.68. The van der Waals surface area contributed by atoms with Gasteiger partial charge in [-0.1, -0.05) is 6.07 Å². The highest BCUT2D eigenvalue weighted by molar-refractivity contribution is 8.01. The molecule has 33 heavy (non-hydrogen) atoms. The molecule has 10 nitrogen and oxygen atoms in total. The zero-order valence-electron chi connectivity index (χ0n) is 19.7. The first-order valence-corrected chi connectivity index (χ1v) is 11.4. The van der Waals surface area contributed by atoms with Gasteiger partial charge in [-0.25, -0.2) is 9.97 Å². The van der Waals surface area contributed by atoms with Gasteiger partial charge in [-0.3, -0.25) is 9.29 Å². The molecule has 0 saturated heterocycles. The number of nitrogens with zero attached hydrogens (tertiary/aromatic N) is 5. The lowest BCUT2D eigenvalue weighted by Gasteiger charge is -2.23. The summed E-state index contributed by atoms with van der Waals surface area (Å²) in [6.45, 7) is 6.75. The first-order chi connectivity index (χ1) is 16.0. The second kappa shape index (κ2) is 11.8. The van der Waals surface area contributed by atoms with Crippen molar-refractivity contribution in [2.75, 3.05) is 32.7 Å². The van der Waals surface area contributed by atoms with Gasteiger partial charge in [-0.05, 0) is 50.4 Å². The van der Waals surface area contributed by atoms with E-state index in [0.717, 1.165) is 5.56 Å². The van der Waals surface area contributed by atoms with Crippen LogP contribution in [0.3, 0.4) is 0 Å². The Balaban J connectivity index is 1.91. The molecule has 0 bridgehead atoms. The number of para-hydroxylation sites is 1. The number of methoxy groups -OCH3 is 3. The van der Waals surface area contributed by atoms with Crippen molar-refractivity contribution in [2.24, 2.45) is 0 Å². The van der Waals surface area contributed by atoms with Gasteiger partial charge in [-0.15, -0.1) is 10.2 Å². The van der Waals surface area contributed by atoms with E-state index < -0.39 is 0 Å². The van der Waals surface area contributed by atoms with Crippen LogP contribution in [0.4, 0.5) is 5.95 Å². The molecule has 3 rings (SSSR count). The molecule has 2 aromatic heterocycles. The molecular formula is C22H30N6O4S. The average Bonchev–Trinajstić information content (AvgIpc) is 3.23. The van der Waals surface area contributed by atoms with Crippen LogP contribution < -0.4 is 14.2 Å².